The highest BCUT2D eigenvalue weighted by atomic mass is 16.5. The number of hydrazine groups is 1. The van der Waals surface area contributed by atoms with E-state index in [1.807, 2.05) is 70.2 Å². The number of benzene rings is 1. The summed E-state index contributed by atoms with van der Waals surface area (Å²) >= 11 is 0. The highest BCUT2D eigenvalue weighted by Crippen LogP contribution is 2.25. The van der Waals surface area contributed by atoms with Crippen LogP contribution in [0.15, 0.2) is 36.4 Å². The van der Waals surface area contributed by atoms with Gasteiger partial charge in [0.05, 0.1) is 17.9 Å². The smallest absolute Gasteiger partial charge is 0.257 e. The van der Waals surface area contributed by atoms with Crippen molar-refractivity contribution in [2.24, 2.45) is 23.7 Å². The fourth-order valence-corrected chi connectivity index (χ4v) is 3.54. The zero-order chi connectivity index (χ0) is 25.0. The molecule has 0 bridgehead atoms. The lowest BCUT2D eigenvalue weighted by atomic mass is 9.82. The van der Waals surface area contributed by atoms with Crippen molar-refractivity contribution in [2.45, 2.75) is 53.5 Å². The molecule has 8 heteroatoms. The van der Waals surface area contributed by atoms with Crippen molar-refractivity contribution in [1.29, 1.82) is 0 Å². The van der Waals surface area contributed by atoms with Gasteiger partial charge in [-0.25, -0.2) is 5.48 Å². The molecule has 0 aliphatic heterocycles. The van der Waals surface area contributed by atoms with Crippen molar-refractivity contribution in [3.63, 3.8) is 0 Å². The van der Waals surface area contributed by atoms with Crippen LogP contribution in [-0.2, 0) is 14.4 Å². The Hall–Kier alpha value is -2.71. The highest BCUT2D eigenvalue weighted by molar-refractivity contribution is 5.89. The summed E-state index contributed by atoms with van der Waals surface area (Å²) in [6, 6.07) is 9.15. The molecule has 0 radical (unpaired) electrons. The third-order valence-electron chi connectivity index (χ3n) is 5.36. The fraction of sp³-hybridized carbons (Fsp3) is 0.560. The predicted molar refractivity (Wildman–Crippen MR) is 130 cm³/mol. The Kier molecular flexibility index (Phi) is 12.4. The fourth-order valence-electron chi connectivity index (χ4n) is 3.54. The number of hydroxylamine groups is 1. The van der Waals surface area contributed by atoms with Crippen molar-refractivity contribution in [3.05, 3.63) is 42.0 Å². The number of hydrogen-bond donors (Lipinski definition) is 4. The minimum absolute atomic E-state index is 0.123. The van der Waals surface area contributed by atoms with Crippen molar-refractivity contribution in [3.8, 4) is 0 Å². The van der Waals surface area contributed by atoms with Gasteiger partial charge in [-0.2, -0.15) is 0 Å². The van der Waals surface area contributed by atoms with E-state index in [0.717, 1.165) is 5.56 Å². The molecule has 1 aromatic rings. The summed E-state index contributed by atoms with van der Waals surface area (Å²) in [7, 11) is 1.68. The Morgan fingerprint density at radius 1 is 0.970 bits per heavy atom. The molecule has 33 heavy (non-hydrogen) atoms. The summed E-state index contributed by atoms with van der Waals surface area (Å²) in [5.74, 6) is -2.57. The summed E-state index contributed by atoms with van der Waals surface area (Å²) in [6.45, 7) is 9.92. The van der Waals surface area contributed by atoms with E-state index in [4.69, 9.17) is 0 Å². The van der Waals surface area contributed by atoms with Crippen molar-refractivity contribution in [2.75, 3.05) is 13.6 Å². The second-order valence-electron chi connectivity index (χ2n) is 9.20. The summed E-state index contributed by atoms with van der Waals surface area (Å²) < 4.78 is 0. The number of allylic oxidation sites excluding steroid dienone is 1. The van der Waals surface area contributed by atoms with E-state index < -0.39 is 29.7 Å². The van der Waals surface area contributed by atoms with Gasteiger partial charge in [0, 0.05) is 6.54 Å². The molecule has 0 aliphatic rings. The second kappa shape index (κ2) is 14.4. The van der Waals surface area contributed by atoms with Crippen LogP contribution in [0, 0.1) is 23.7 Å². The van der Waals surface area contributed by atoms with E-state index in [1.54, 1.807) is 19.5 Å². The number of likely N-dealkylation sites (N-methyl/N-ethyl adjacent to an activating group) is 1. The van der Waals surface area contributed by atoms with Crippen LogP contribution in [0.4, 0.5) is 0 Å². The molecule has 0 saturated carbocycles. The maximum Gasteiger partial charge on any atom is 0.257 e. The summed E-state index contributed by atoms with van der Waals surface area (Å²) in [6.07, 6.45) is 4.40. The molecular weight excluding hydrogens is 420 g/mol. The molecule has 0 fully saturated rings. The van der Waals surface area contributed by atoms with E-state index >= 15 is 0 Å². The molecule has 3 atom stereocenters. The normalized spacial score (nSPS) is 14.2. The Bertz CT molecular complexity index is 780. The predicted octanol–water partition coefficient (Wildman–Crippen LogP) is 3.00. The monoisotopic (exact) mass is 460 g/mol. The number of hydrogen-bond acceptors (Lipinski definition) is 5. The van der Waals surface area contributed by atoms with Gasteiger partial charge in [0.2, 0.25) is 11.8 Å². The first kappa shape index (κ1) is 28.3. The van der Waals surface area contributed by atoms with E-state index in [0.29, 0.717) is 13.0 Å². The van der Waals surface area contributed by atoms with Crippen LogP contribution in [0.3, 0.4) is 0 Å². The van der Waals surface area contributed by atoms with Crippen molar-refractivity contribution >= 4 is 23.8 Å². The quantitative estimate of drug-likeness (QED) is 0.283. The average Bonchev–Trinajstić information content (AvgIpc) is 2.78. The van der Waals surface area contributed by atoms with Gasteiger partial charge in [-0.1, -0.05) is 70.2 Å². The lowest BCUT2D eigenvalue weighted by molar-refractivity contribution is -0.148. The first-order chi connectivity index (χ1) is 15.6. The van der Waals surface area contributed by atoms with E-state index in [1.165, 1.54) is 5.01 Å². The third-order valence-corrected chi connectivity index (χ3v) is 5.36. The van der Waals surface area contributed by atoms with Crippen LogP contribution in [-0.4, -0.2) is 47.6 Å². The zero-order valence-electron chi connectivity index (χ0n) is 20.7. The van der Waals surface area contributed by atoms with Gasteiger partial charge in [-0.3, -0.25) is 30.0 Å². The van der Waals surface area contributed by atoms with Gasteiger partial charge in [0.1, 0.15) is 0 Å². The molecule has 0 aliphatic carbocycles. The average molecular weight is 461 g/mol. The highest BCUT2D eigenvalue weighted by Gasteiger charge is 2.35. The van der Waals surface area contributed by atoms with Gasteiger partial charge in [0.25, 0.3) is 5.91 Å². The first-order valence-electron chi connectivity index (χ1n) is 11.5. The summed E-state index contributed by atoms with van der Waals surface area (Å²) in [5, 5.41) is 13.6. The molecule has 4 N–H and O–H groups in total. The van der Waals surface area contributed by atoms with Crippen LogP contribution < -0.4 is 16.2 Å². The van der Waals surface area contributed by atoms with E-state index in [-0.39, 0.29) is 24.2 Å². The molecule has 0 heterocycles. The van der Waals surface area contributed by atoms with Gasteiger partial charge in [-0.15, -0.1) is 0 Å². The Morgan fingerprint density at radius 2 is 1.61 bits per heavy atom. The summed E-state index contributed by atoms with van der Waals surface area (Å²) in [4.78, 5) is 38.7. The molecule has 8 nitrogen and oxygen atoms in total. The maximum atomic E-state index is 13.4. The van der Waals surface area contributed by atoms with Crippen LogP contribution in [0.2, 0.25) is 0 Å². The number of nitrogens with zero attached hydrogens (tertiary/aromatic N) is 1. The van der Waals surface area contributed by atoms with Crippen LogP contribution in [0.25, 0.3) is 6.08 Å². The van der Waals surface area contributed by atoms with Crippen LogP contribution in [0.1, 0.15) is 53.0 Å². The topological polar surface area (TPSA) is 111 Å². The molecule has 0 saturated heterocycles. The minimum Gasteiger partial charge on any atom is -0.309 e. The number of nitrogens with one attached hydrogen (secondary N) is 3. The van der Waals surface area contributed by atoms with Gasteiger partial charge < -0.3 is 5.32 Å². The van der Waals surface area contributed by atoms with Crippen LogP contribution in [0.5, 0.6) is 0 Å². The number of carbonyl (C=O) groups is 3. The Morgan fingerprint density at radius 3 is 2.12 bits per heavy atom. The van der Waals surface area contributed by atoms with Crippen molar-refractivity contribution < 1.29 is 19.6 Å². The van der Waals surface area contributed by atoms with Crippen molar-refractivity contribution in [1.82, 2.24) is 21.2 Å². The standard InChI is InChI=1S/C25H40N4O4/c1-17(2)15-22(23(30)27-29(16-18(3)4)25(32)19(5)26-6)21(24(31)28-33)14-10-13-20-11-8-7-9-12-20/h7-13,17-19,21-22,26,33H,14-16H2,1-6H3,(H,27,30)(H,28,31)/t19-,21-,22+/m0/s1. The molecule has 184 valence electrons. The lowest BCUT2D eigenvalue weighted by Crippen LogP contribution is -2.56. The maximum absolute atomic E-state index is 13.4. The molecule has 0 unspecified atom stereocenters. The molecule has 1 aromatic carbocycles. The minimum atomic E-state index is -0.796. The number of carbonyl (C=O) groups excluding carboxylic acids is 3. The summed E-state index contributed by atoms with van der Waals surface area (Å²) in [5.41, 5.74) is 5.44. The first-order valence-corrected chi connectivity index (χ1v) is 11.5. The van der Waals surface area contributed by atoms with E-state index in [9.17, 15) is 19.6 Å². The van der Waals surface area contributed by atoms with Gasteiger partial charge in [-0.05, 0) is 44.2 Å². The molecule has 0 aromatic heterocycles. The third kappa shape index (κ3) is 9.75. The Balaban J connectivity index is 3.15. The second-order valence-corrected chi connectivity index (χ2v) is 9.20. The number of amides is 3. The Labute approximate surface area is 197 Å². The molecule has 0 spiro atoms. The lowest BCUT2D eigenvalue weighted by Gasteiger charge is -2.31. The zero-order valence-corrected chi connectivity index (χ0v) is 20.7. The molecule has 1 rings (SSSR count). The number of rotatable bonds is 12. The van der Waals surface area contributed by atoms with Gasteiger partial charge >= 0.3 is 0 Å². The largest absolute Gasteiger partial charge is 0.309 e. The molecular formula is C25H40N4O4. The SMILES string of the molecule is CN[C@@H](C)C(=O)N(CC(C)C)NC(=O)[C@H](CC(C)C)[C@H](CC=Cc1ccccc1)C(=O)NO. The molecule has 3 amide bonds. The van der Waals surface area contributed by atoms with Crippen LogP contribution >= 0.6 is 0 Å². The van der Waals surface area contributed by atoms with Gasteiger partial charge in [0.15, 0.2) is 0 Å². The van der Waals surface area contributed by atoms with E-state index in [2.05, 4.69) is 10.7 Å².